The van der Waals surface area contributed by atoms with E-state index in [1.54, 1.807) is 0 Å². The first kappa shape index (κ1) is 90.0. The molecule has 0 saturated heterocycles. The largest absolute Gasteiger partial charge is 0.472 e. The topological polar surface area (TPSA) is 108 Å². The van der Waals surface area contributed by atoms with Crippen molar-refractivity contribution < 1.29 is 42.1 Å². The lowest BCUT2D eigenvalue weighted by atomic mass is 10.0. The van der Waals surface area contributed by atoms with Crippen LogP contribution in [0.25, 0.3) is 0 Å². The van der Waals surface area contributed by atoms with Gasteiger partial charge in [-0.25, -0.2) is 4.57 Å². The highest BCUT2D eigenvalue weighted by Crippen LogP contribution is 2.43. The van der Waals surface area contributed by atoms with E-state index >= 15 is 0 Å². The molecule has 0 rings (SSSR count). The molecule has 0 heterocycles. The number of carbonyl (C=O) groups is 2. The first-order chi connectivity index (χ1) is 45.0. The van der Waals surface area contributed by atoms with Crippen LogP contribution in [-0.4, -0.2) is 74.9 Å². The minimum absolute atomic E-state index is 0.0329. The Hall–Kier alpha value is -2.03. The zero-order valence-electron chi connectivity index (χ0n) is 62.1. The maximum Gasteiger partial charge on any atom is 0.472 e. The first-order valence-electron chi connectivity index (χ1n) is 40.4. The Labute approximate surface area is 573 Å². The molecule has 0 amide bonds. The van der Waals surface area contributed by atoms with Crippen LogP contribution in [0.5, 0.6) is 0 Å². The van der Waals surface area contributed by atoms with Crippen molar-refractivity contribution in [2.24, 2.45) is 0 Å². The van der Waals surface area contributed by atoms with Crippen LogP contribution in [0.15, 0.2) is 48.6 Å². The summed E-state index contributed by atoms with van der Waals surface area (Å²) in [6.07, 6.45) is 97.0. The number of quaternary nitrogens is 1. The second-order valence-electron chi connectivity index (χ2n) is 28.8. The van der Waals surface area contributed by atoms with Crippen molar-refractivity contribution in [3.63, 3.8) is 0 Å². The SMILES string of the molecule is CCCCCCC/C=C\C/C=C\C/C=C\CCCCCCCCCCCCCCC(=O)OC(COC(=O)CCCCCCCCCCCCCCCCCCCCCCCCCCCCCCC/C=C\CCCCCCCCCC)COP(=O)(O)OCC[N+](C)(C)C. The molecule has 2 unspecified atom stereocenters. The number of nitrogens with zero attached hydrogens (tertiary/aromatic N) is 1. The van der Waals surface area contributed by atoms with Crippen molar-refractivity contribution in [2.45, 2.75) is 418 Å². The van der Waals surface area contributed by atoms with Gasteiger partial charge in [-0.2, -0.15) is 0 Å². The number of phosphoric ester groups is 1. The Kier molecular flexibility index (Phi) is 71.6. The van der Waals surface area contributed by atoms with E-state index in [1.165, 1.54) is 327 Å². The number of phosphoric acid groups is 1. The monoisotopic (exact) mass is 1320 g/mol. The Bertz CT molecular complexity index is 1690. The zero-order chi connectivity index (χ0) is 66.9. The van der Waals surface area contributed by atoms with Crippen molar-refractivity contribution in [3.05, 3.63) is 48.6 Å². The Morgan fingerprint density at radius 3 is 0.880 bits per heavy atom. The number of carbonyl (C=O) groups excluding carboxylic acids is 2. The molecule has 0 bridgehead atoms. The highest BCUT2D eigenvalue weighted by Gasteiger charge is 2.27. The molecule has 0 aromatic carbocycles. The van der Waals surface area contributed by atoms with E-state index in [2.05, 4.69) is 62.5 Å². The average molecular weight is 1320 g/mol. The molecule has 2 atom stereocenters. The Morgan fingerprint density at radius 1 is 0.337 bits per heavy atom. The fraction of sp³-hybridized carbons (Fsp3) is 0.878. The predicted octanol–water partition coefficient (Wildman–Crippen LogP) is 26.7. The second kappa shape index (κ2) is 73.2. The highest BCUT2D eigenvalue weighted by atomic mass is 31.2. The summed E-state index contributed by atoms with van der Waals surface area (Å²) in [7, 11) is 1.49. The molecule has 0 aliphatic carbocycles. The van der Waals surface area contributed by atoms with Gasteiger partial charge >= 0.3 is 19.8 Å². The molecule has 92 heavy (non-hydrogen) atoms. The molecule has 0 saturated carbocycles. The lowest BCUT2D eigenvalue weighted by Gasteiger charge is -2.24. The zero-order valence-corrected chi connectivity index (χ0v) is 63.0. The maximum atomic E-state index is 12.9. The summed E-state index contributed by atoms with van der Waals surface area (Å²) in [4.78, 5) is 36.0. The summed E-state index contributed by atoms with van der Waals surface area (Å²) in [6.45, 7) is 4.49. The highest BCUT2D eigenvalue weighted by molar-refractivity contribution is 7.47. The molecule has 0 fully saturated rings. The number of esters is 2. The number of ether oxygens (including phenoxy) is 2. The van der Waals surface area contributed by atoms with Gasteiger partial charge in [0.15, 0.2) is 6.10 Å². The van der Waals surface area contributed by atoms with Crippen LogP contribution in [0, 0.1) is 0 Å². The molecule has 0 aromatic heterocycles. The third-order valence-electron chi connectivity index (χ3n) is 18.3. The van der Waals surface area contributed by atoms with Gasteiger partial charge in [0.1, 0.15) is 19.8 Å². The molecule has 0 radical (unpaired) electrons. The van der Waals surface area contributed by atoms with Gasteiger partial charge in [0.05, 0.1) is 27.7 Å². The second-order valence-corrected chi connectivity index (χ2v) is 30.3. The fourth-order valence-corrected chi connectivity index (χ4v) is 12.9. The van der Waals surface area contributed by atoms with E-state index in [0.717, 1.165) is 51.4 Å². The van der Waals surface area contributed by atoms with Crippen LogP contribution >= 0.6 is 7.82 Å². The van der Waals surface area contributed by atoms with Gasteiger partial charge in [-0.15, -0.1) is 0 Å². The minimum atomic E-state index is -4.39. The lowest BCUT2D eigenvalue weighted by molar-refractivity contribution is -0.870. The van der Waals surface area contributed by atoms with Crippen LogP contribution in [0.3, 0.4) is 0 Å². The molecular weight excluding hydrogens is 1160 g/mol. The van der Waals surface area contributed by atoms with E-state index in [-0.39, 0.29) is 25.6 Å². The summed E-state index contributed by atoms with van der Waals surface area (Å²) in [5.74, 6) is -0.779. The molecular formula is C82H157NO8P+. The molecule has 9 nitrogen and oxygen atoms in total. The normalized spacial score (nSPS) is 13.2. The summed E-state index contributed by atoms with van der Waals surface area (Å²) in [6, 6.07) is 0. The molecule has 542 valence electrons. The third-order valence-corrected chi connectivity index (χ3v) is 19.3. The Morgan fingerprint density at radius 2 is 0.587 bits per heavy atom. The van der Waals surface area contributed by atoms with Crippen molar-refractivity contribution in [2.75, 3.05) is 47.5 Å². The smallest absolute Gasteiger partial charge is 0.462 e. The minimum Gasteiger partial charge on any atom is -0.462 e. The number of hydrogen-bond acceptors (Lipinski definition) is 7. The summed E-state index contributed by atoms with van der Waals surface area (Å²) in [5, 5.41) is 0. The van der Waals surface area contributed by atoms with Gasteiger partial charge in [0, 0.05) is 12.8 Å². The lowest BCUT2D eigenvalue weighted by Crippen LogP contribution is -2.37. The van der Waals surface area contributed by atoms with E-state index < -0.39 is 26.5 Å². The summed E-state index contributed by atoms with van der Waals surface area (Å²) < 4.78 is 34.8. The number of rotatable bonds is 76. The standard InChI is InChI=1S/C82H156NO8P/c1-6-8-10-12-14-16-18-20-22-24-26-28-30-32-34-35-36-37-38-39-40-41-42-43-44-45-46-47-49-50-52-54-56-58-60-62-64-66-68-70-72-74-81(84)88-78-80(79-90-92(86,87)89-77-76-83(3,4)5)91-82(85)75-73-71-69-67-65-63-61-59-57-55-53-51-48-33-31-29-27-25-23-21-19-17-15-13-11-9-7-2/h19,21,24-27,31,33,80H,6-18,20,22-23,28-30,32,34-79H2,1-5H3/p+1/b21-19-,26-24-,27-25-,33-31-. The number of unbranched alkanes of at least 4 members (excludes halogenated alkanes) is 54. The number of allylic oxidation sites excluding steroid dienone is 8. The molecule has 0 spiro atoms. The first-order valence-corrected chi connectivity index (χ1v) is 41.9. The molecule has 1 N–H and O–H groups in total. The van der Waals surface area contributed by atoms with Crippen LogP contribution in [0.2, 0.25) is 0 Å². The summed E-state index contributed by atoms with van der Waals surface area (Å²) >= 11 is 0. The maximum absolute atomic E-state index is 12.9. The molecule has 0 aliphatic heterocycles. The van der Waals surface area contributed by atoms with Crippen molar-refractivity contribution >= 4 is 19.8 Å². The number of hydrogen-bond donors (Lipinski definition) is 1. The van der Waals surface area contributed by atoms with E-state index in [9.17, 15) is 19.0 Å². The van der Waals surface area contributed by atoms with Crippen LogP contribution in [0.1, 0.15) is 412 Å². The van der Waals surface area contributed by atoms with Crippen molar-refractivity contribution in [1.82, 2.24) is 0 Å². The predicted molar refractivity (Wildman–Crippen MR) is 400 cm³/mol. The molecule has 0 aromatic rings. The molecule has 10 heteroatoms. The van der Waals surface area contributed by atoms with Gasteiger partial charge in [-0.1, -0.05) is 371 Å². The van der Waals surface area contributed by atoms with Gasteiger partial charge in [-0.05, 0) is 77.0 Å². The van der Waals surface area contributed by atoms with Crippen LogP contribution < -0.4 is 0 Å². The quantitative estimate of drug-likeness (QED) is 0.0211. The van der Waals surface area contributed by atoms with Crippen molar-refractivity contribution in [1.29, 1.82) is 0 Å². The van der Waals surface area contributed by atoms with Crippen LogP contribution in [0.4, 0.5) is 0 Å². The fourth-order valence-electron chi connectivity index (χ4n) is 12.1. The average Bonchev–Trinajstić information content (AvgIpc) is 2.14. The van der Waals surface area contributed by atoms with Gasteiger partial charge in [-0.3, -0.25) is 18.6 Å². The van der Waals surface area contributed by atoms with E-state index in [0.29, 0.717) is 23.9 Å². The van der Waals surface area contributed by atoms with E-state index in [1.807, 2.05) is 21.1 Å². The molecule has 0 aliphatic rings. The van der Waals surface area contributed by atoms with Crippen LogP contribution in [-0.2, 0) is 32.7 Å². The Balaban J connectivity index is 3.88. The van der Waals surface area contributed by atoms with Gasteiger partial charge in [0.2, 0.25) is 0 Å². The third kappa shape index (κ3) is 77.0. The van der Waals surface area contributed by atoms with Gasteiger partial charge in [0.25, 0.3) is 0 Å². The number of likely N-dealkylation sites (N-methyl/N-ethyl adjacent to an activating group) is 1. The van der Waals surface area contributed by atoms with Crippen molar-refractivity contribution in [3.8, 4) is 0 Å². The van der Waals surface area contributed by atoms with E-state index in [4.69, 9.17) is 18.5 Å². The van der Waals surface area contributed by atoms with Gasteiger partial charge < -0.3 is 18.9 Å². The summed E-state index contributed by atoms with van der Waals surface area (Å²) in [5.41, 5.74) is 0.